The Labute approximate surface area is 74.2 Å². The summed E-state index contributed by atoms with van der Waals surface area (Å²) in [5, 5.41) is 2.55. The van der Waals surface area contributed by atoms with Crippen LogP contribution in [0.1, 0.15) is 13.8 Å². The topological polar surface area (TPSA) is 0 Å². The molecule has 0 aromatic heterocycles. The zero-order chi connectivity index (χ0) is 9.10. The first-order valence-corrected chi connectivity index (χ1v) is 4.17. The summed E-state index contributed by atoms with van der Waals surface area (Å²) >= 11 is 0. The van der Waals surface area contributed by atoms with Crippen molar-refractivity contribution in [1.29, 1.82) is 0 Å². The second-order valence-corrected chi connectivity index (χ2v) is 2.93. The normalized spacial score (nSPS) is 11.5. The van der Waals surface area contributed by atoms with Gasteiger partial charge in [-0.3, -0.25) is 0 Å². The molecule has 0 aliphatic carbocycles. The maximum absolute atomic E-state index is 7.15. The maximum atomic E-state index is 7.15. The summed E-state index contributed by atoms with van der Waals surface area (Å²) in [4.78, 5) is 0. The lowest BCUT2D eigenvalue weighted by Gasteiger charge is -1.99. The Hall–Kier alpha value is -1.30. The highest BCUT2D eigenvalue weighted by Gasteiger charge is 1.92. The van der Waals surface area contributed by atoms with E-state index in [-0.39, 0.29) is 0 Å². The molecule has 0 unspecified atom stereocenters. The van der Waals surface area contributed by atoms with Crippen LogP contribution in [0.25, 0.3) is 10.8 Å². The van der Waals surface area contributed by atoms with E-state index in [1.54, 1.807) is 0 Å². The molecule has 12 heavy (non-hydrogen) atoms. The van der Waals surface area contributed by atoms with Gasteiger partial charge >= 0.3 is 0 Å². The molecule has 0 N–H and O–H groups in total. The minimum atomic E-state index is 0.471. The van der Waals surface area contributed by atoms with E-state index in [0.717, 1.165) is 6.42 Å². The van der Waals surface area contributed by atoms with E-state index in [2.05, 4.69) is 30.3 Å². The van der Waals surface area contributed by atoms with Crippen LogP contribution >= 0.6 is 0 Å². The Morgan fingerprint density at radius 2 is 1.92 bits per heavy atom. The van der Waals surface area contributed by atoms with Gasteiger partial charge in [0.05, 0.1) is 0 Å². The number of hydrogen-bond acceptors (Lipinski definition) is 0. The van der Waals surface area contributed by atoms with E-state index in [1.165, 1.54) is 16.3 Å². The van der Waals surface area contributed by atoms with Crippen molar-refractivity contribution in [2.24, 2.45) is 0 Å². The Bertz CT molecular complexity index is 407. The van der Waals surface area contributed by atoms with Crippen molar-refractivity contribution < 1.29 is 1.37 Å². The van der Waals surface area contributed by atoms with Crippen LogP contribution in [0, 0.1) is 0 Å². The molecule has 0 nitrogen and oxygen atoms in total. The van der Waals surface area contributed by atoms with E-state index in [1.807, 2.05) is 12.1 Å². The lowest BCUT2D eigenvalue weighted by molar-refractivity contribution is 1.15. The highest BCUT2D eigenvalue weighted by Crippen LogP contribution is 2.15. The van der Waals surface area contributed by atoms with Crippen LogP contribution in [0.3, 0.4) is 0 Å². The molecule has 0 spiro atoms. The molecule has 0 bridgehead atoms. The van der Waals surface area contributed by atoms with Gasteiger partial charge in [-0.15, -0.1) is 0 Å². The molecule has 0 radical (unpaired) electrons. The molecule has 2 aromatic carbocycles. The number of fused-ring (bicyclic) bond motifs is 1. The summed E-state index contributed by atoms with van der Waals surface area (Å²) in [6, 6.07) is 14.7. The Kier molecular flexibility index (Phi) is 1.55. The third-order valence-corrected chi connectivity index (χ3v) is 2.10. The Balaban J connectivity index is 2.49. The molecule has 2 rings (SSSR count). The predicted octanol–water partition coefficient (Wildman–Crippen LogP) is 3.40. The summed E-state index contributed by atoms with van der Waals surface area (Å²) in [5.74, 6) is 0. The van der Waals surface area contributed by atoms with Gasteiger partial charge in [-0.2, -0.15) is 0 Å². The average molecular weight is 157 g/mol. The highest BCUT2D eigenvalue weighted by atomic mass is 14.0. The first-order valence-electron chi connectivity index (χ1n) is 4.88. The standard InChI is InChI=1S/C12H12/c1-2-10-7-8-11-5-3-4-6-12(11)9-10/h3-9H,2H2,1H3/i1D. The lowest BCUT2D eigenvalue weighted by atomic mass is 10.1. The van der Waals surface area contributed by atoms with E-state index in [0.29, 0.717) is 6.90 Å². The van der Waals surface area contributed by atoms with Gasteiger partial charge in [-0.05, 0) is 22.8 Å². The monoisotopic (exact) mass is 157 g/mol. The smallest absolute Gasteiger partial charge is 0.0234 e. The molecule has 0 fully saturated rings. The van der Waals surface area contributed by atoms with E-state index in [4.69, 9.17) is 1.37 Å². The molecule has 0 saturated carbocycles. The van der Waals surface area contributed by atoms with Crippen molar-refractivity contribution in [3.8, 4) is 0 Å². The highest BCUT2D eigenvalue weighted by molar-refractivity contribution is 5.82. The van der Waals surface area contributed by atoms with Crippen LogP contribution in [-0.4, -0.2) is 0 Å². The van der Waals surface area contributed by atoms with Crippen molar-refractivity contribution in [3.05, 3.63) is 48.0 Å². The SMILES string of the molecule is [2H]CCc1ccc2ccccc2c1. The summed E-state index contributed by atoms with van der Waals surface area (Å²) in [7, 11) is 0. The summed E-state index contributed by atoms with van der Waals surface area (Å²) in [6.07, 6.45) is 0.852. The molecule has 0 aliphatic heterocycles. The first-order chi connectivity index (χ1) is 6.40. The summed E-state index contributed by atoms with van der Waals surface area (Å²) in [6.45, 7) is 0.471. The van der Waals surface area contributed by atoms with Crippen LogP contribution in [0.4, 0.5) is 0 Å². The second-order valence-electron chi connectivity index (χ2n) is 2.93. The average Bonchev–Trinajstić information content (AvgIpc) is 2.18. The van der Waals surface area contributed by atoms with Crippen LogP contribution in [0.5, 0.6) is 0 Å². The zero-order valence-electron chi connectivity index (χ0n) is 7.96. The molecular formula is C12H12. The van der Waals surface area contributed by atoms with Gasteiger partial charge < -0.3 is 0 Å². The van der Waals surface area contributed by atoms with Gasteiger partial charge in [0, 0.05) is 1.37 Å². The zero-order valence-corrected chi connectivity index (χ0v) is 6.96. The minimum absolute atomic E-state index is 0.471. The quantitative estimate of drug-likeness (QED) is 0.595. The van der Waals surface area contributed by atoms with Crippen molar-refractivity contribution in [2.45, 2.75) is 13.3 Å². The number of benzene rings is 2. The largest absolute Gasteiger partial charge is 0.0616 e. The predicted molar refractivity (Wildman–Crippen MR) is 53.3 cm³/mol. The van der Waals surface area contributed by atoms with Gasteiger partial charge in [0.25, 0.3) is 0 Å². The molecule has 0 heterocycles. The van der Waals surface area contributed by atoms with Crippen molar-refractivity contribution in [3.63, 3.8) is 0 Å². The Morgan fingerprint density at radius 1 is 1.08 bits per heavy atom. The molecule has 0 amide bonds. The second kappa shape index (κ2) is 2.98. The van der Waals surface area contributed by atoms with E-state index >= 15 is 0 Å². The third-order valence-electron chi connectivity index (χ3n) is 2.10. The Morgan fingerprint density at radius 3 is 2.75 bits per heavy atom. The van der Waals surface area contributed by atoms with Gasteiger partial charge in [0.15, 0.2) is 0 Å². The molecule has 2 aromatic rings. The van der Waals surface area contributed by atoms with Crippen molar-refractivity contribution in [2.75, 3.05) is 0 Å². The molecule has 0 saturated heterocycles. The molecule has 0 aliphatic rings. The van der Waals surface area contributed by atoms with Gasteiger partial charge in [0.2, 0.25) is 0 Å². The molecular weight excluding hydrogens is 144 g/mol. The van der Waals surface area contributed by atoms with Crippen LogP contribution in [-0.2, 0) is 6.42 Å². The lowest BCUT2D eigenvalue weighted by Crippen LogP contribution is -1.79. The van der Waals surface area contributed by atoms with Gasteiger partial charge in [-0.1, -0.05) is 49.4 Å². The fourth-order valence-corrected chi connectivity index (χ4v) is 1.39. The van der Waals surface area contributed by atoms with Crippen LogP contribution < -0.4 is 0 Å². The van der Waals surface area contributed by atoms with E-state index in [9.17, 15) is 0 Å². The van der Waals surface area contributed by atoms with Gasteiger partial charge in [0.1, 0.15) is 0 Å². The van der Waals surface area contributed by atoms with Crippen molar-refractivity contribution in [1.82, 2.24) is 0 Å². The van der Waals surface area contributed by atoms with Gasteiger partial charge in [-0.25, -0.2) is 0 Å². The maximum Gasteiger partial charge on any atom is 0.0234 e. The van der Waals surface area contributed by atoms with Crippen LogP contribution in [0.15, 0.2) is 42.5 Å². The summed E-state index contributed by atoms with van der Waals surface area (Å²) in [5.41, 5.74) is 1.26. The number of rotatable bonds is 1. The summed E-state index contributed by atoms with van der Waals surface area (Å²) < 4.78 is 7.15. The number of hydrogen-bond donors (Lipinski definition) is 0. The molecule has 0 heteroatoms. The third kappa shape index (κ3) is 1.20. The number of aryl methyl sites for hydroxylation is 1. The van der Waals surface area contributed by atoms with Crippen LogP contribution in [0.2, 0.25) is 0 Å². The fraction of sp³-hybridized carbons (Fsp3) is 0.167. The molecule has 60 valence electrons. The fourth-order valence-electron chi connectivity index (χ4n) is 1.39. The minimum Gasteiger partial charge on any atom is -0.0616 e. The first kappa shape index (κ1) is 6.24. The van der Waals surface area contributed by atoms with E-state index < -0.39 is 0 Å². The molecule has 0 atom stereocenters. The van der Waals surface area contributed by atoms with Crippen molar-refractivity contribution >= 4 is 10.8 Å².